The average Bonchev–Trinajstić information content (AvgIpc) is 2.79. The molecule has 0 spiro atoms. The quantitative estimate of drug-likeness (QED) is 0.770. The lowest BCUT2D eigenvalue weighted by molar-refractivity contribution is -0.146. The molecule has 2 aliphatic heterocycles. The van der Waals surface area contributed by atoms with Gasteiger partial charge in [-0.15, -0.1) is 5.06 Å². The standard InChI is InChI=1S/C18H22N2O5/c1-18(2,3)24-17(23)19-10-6-7-12(11-19)25-20-15(21)13-8-4-5-9-14(13)16(20)22/h4-5,8-9,12H,6-7,10-11H2,1-3H3. The summed E-state index contributed by atoms with van der Waals surface area (Å²) in [5.74, 6) is -0.926. The minimum atomic E-state index is -0.576. The van der Waals surface area contributed by atoms with Crippen LogP contribution in [-0.4, -0.2) is 52.7 Å². The van der Waals surface area contributed by atoms with E-state index in [2.05, 4.69) is 0 Å². The molecule has 1 atom stereocenters. The maximum Gasteiger partial charge on any atom is 0.410 e. The van der Waals surface area contributed by atoms with Crippen molar-refractivity contribution >= 4 is 17.9 Å². The second-order valence-electron chi connectivity index (χ2n) is 7.25. The number of hydrogen-bond acceptors (Lipinski definition) is 5. The summed E-state index contributed by atoms with van der Waals surface area (Å²) in [7, 11) is 0. The van der Waals surface area contributed by atoms with Crippen LogP contribution in [-0.2, 0) is 9.57 Å². The number of carbonyl (C=O) groups is 3. The second kappa shape index (κ2) is 6.48. The molecule has 0 aromatic heterocycles. The number of carbonyl (C=O) groups excluding carboxylic acids is 3. The molecule has 1 unspecified atom stereocenters. The highest BCUT2D eigenvalue weighted by atomic mass is 16.7. The number of hydroxylamine groups is 2. The van der Waals surface area contributed by atoms with Crippen molar-refractivity contribution in [1.82, 2.24) is 9.96 Å². The molecule has 134 valence electrons. The molecule has 2 aliphatic rings. The monoisotopic (exact) mass is 346 g/mol. The lowest BCUT2D eigenvalue weighted by Crippen LogP contribution is -2.48. The number of likely N-dealkylation sites (tertiary alicyclic amines) is 1. The van der Waals surface area contributed by atoms with E-state index in [0.29, 0.717) is 30.5 Å². The minimum Gasteiger partial charge on any atom is -0.444 e. The molecule has 1 aromatic rings. The van der Waals surface area contributed by atoms with Gasteiger partial charge < -0.3 is 9.64 Å². The largest absolute Gasteiger partial charge is 0.444 e. The van der Waals surface area contributed by atoms with Gasteiger partial charge in [-0.1, -0.05) is 12.1 Å². The Morgan fingerprint density at radius 1 is 1.12 bits per heavy atom. The number of ether oxygens (including phenoxy) is 1. The minimum absolute atomic E-state index is 0.280. The normalized spacial score (nSPS) is 20.7. The van der Waals surface area contributed by atoms with Crippen LogP contribution in [0.3, 0.4) is 0 Å². The van der Waals surface area contributed by atoms with Gasteiger partial charge in [-0.2, -0.15) is 0 Å². The first-order valence-electron chi connectivity index (χ1n) is 8.39. The van der Waals surface area contributed by atoms with Gasteiger partial charge in [0.1, 0.15) is 11.7 Å². The number of benzene rings is 1. The van der Waals surface area contributed by atoms with E-state index in [-0.39, 0.29) is 6.54 Å². The van der Waals surface area contributed by atoms with Crippen molar-refractivity contribution in [1.29, 1.82) is 0 Å². The second-order valence-corrected chi connectivity index (χ2v) is 7.25. The summed E-state index contributed by atoms with van der Waals surface area (Å²) in [6, 6.07) is 6.62. The van der Waals surface area contributed by atoms with Gasteiger partial charge in [-0.05, 0) is 45.7 Å². The number of hydrogen-bond donors (Lipinski definition) is 0. The first-order valence-corrected chi connectivity index (χ1v) is 8.39. The smallest absolute Gasteiger partial charge is 0.410 e. The van der Waals surface area contributed by atoms with Gasteiger partial charge in [0.25, 0.3) is 11.8 Å². The SMILES string of the molecule is CC(C)(C)OC(=O)N1CCCC(ON2C(=O)c3ccccc3C2=O)C1. The summed E-state index contributed by atoms with van der Waals surface area (Å²) in [4.78, 5) is 44.1. The number of fused-ring (bicyclic) bond motifs is 1. The summed E-state index contributed by atoms with van der Waals surface area (Å²) in [6.07, 6.45) is 0.534. The van der Waals surface area contributed by atoms with Crippen molar-refractivity contribution in [3.8, 4) is 0 Å². The molecule has 0 radical (unpaired) electrons. The third-order valence-corrected chi connectivity index (χ3v) is 4.04. The Balaban J connectivity index is 1.65. The van der Waals surface area contributed by atoms with Gasteiger partial charge in [0.05, 0.1) is 17.7 Å². The van der Waals surface area contributed by atoms with E-state index in [4.69, 9.17) is 9.57 Å². The topological polar surface area (TPSA) is 76.2 Å². The van der Waals surface area contributed by atoms with E-state index in [9.17, 15) is 14.4 Å². The first-order chi connectivity index (χ1) is 11.8. The highest BCUT2D eigenvalue weighted by Gasteiger charge is 2.39. The number of amides is 3. The van der Waals surface area contributed by atoms with Crippen molar-refractivity contribution in [3.05, 3.63) is 35.4 Å². The summed E-state index contributed by atoms with van der Waals surface area (Å²) in [5, 5.41) is 0.813. The zero-order valence-electron chi connectivity index (χ0n) is 14.7. The predicted molar refractivity (Wildman–Crippen MR) is 88.9 cm³/mol. The van der Waals surface area contributed by atoms with E-state index < -0.39 is 29.6 Å². The van der Waals surface area contributed by atoms with Crippen LogP contribution >= 0.6 is 0 Å². The van der Waals surface area contributed by atoms with Gasteiger partial charge in [-0.3, -0.25) is 14.4 Å². The molecule has 25 heavy (non-hydrogen) atoms. The Morgan fingerprint density at radius 2 is 1.72 bits per heavy atom. The number of piperidine rings is 1. The van der Waals surface area contributed by atoms with E-state index in [1.807, 2.05) is 20.8 Å². The summed E-state index contributed by atoms with van der Waals surface area (Å²) < 4.78 is 5.37. The van der Waals surface area contributed by atoms with Crippen LogP contribution in [0.1, 0.15) is 54.3 Å². The third kappa shape index (κ3) is 3.66. The zero-order valence-corrected chi connectivity index (χ0v) is 14.7. The molecule has 1 aromatic carbocycles. The lowest BCUT2D eigenvalue weighted by Gasteiger charge is -2.34. The van der Waals surface area contributed by atoms with Crippen molar-refractivity contribution in [3.63, 3.8) is 0 Å². The Kier molecular flexibility index (Phi) is 4.51. The van der Waals surface area contributed by atoms with Gasteiger partial charge in [-0.25, -0.2) is 4.79 Å². The molecular weight excluding hydrogens is 324 g/mol. The van der Waals surface area contributed by atoms with Crippen molar-refractivity contribution in [2.75, 3.05) is 13.1 Å². The molecule has 2 heterocycles. The molecule has 1 saturated heterocycles. The molecule has 0 aliphatic carbocycles. The molecule has 0 bridgehead atoms. The van der Waals surface area contributed by atoms with E-state index in [0.717, 1.165) is 5.06 Å². The number of nitrogens with zero attached hydrogens (tertiary/aromatic N) is 2. The van der Waals surface area contributed by atoms with Gasteiger partial charge >= 0.3 is 6.09 Å². The highest BCUT2D eigenvalue weighted by molar-refractivity contribution is 6.20. The zero-order chi connectivity index (χ0) is 18.2. The number of rotatable bonds is 2. The molecule has 3 amide bonds. The van der Waals surface area contributed by atoms with Gasteiger partial charge in [0.15, 0.2) is 0 Å². The fourth-order valence-electron chi connectivity index (χ4n) is 2.93. The van der Waals surface area contributed by atoms with E-state index >= 15 is 0 Å². The number of imide groups is 1. The lowest BCUT2D eigenvalue weighted by atomic mass is 10.1. The van der Waals surface area contributed by atoms with Crippen molar-refractivity contribution in [2.24, 2.45) is 0 Å². The summed E-state index contributed by atoms with van der Waals surface area (Å²) in [5.41, 5.74) is 0.104. The first kappa shape index (κ1) is 17.4. The third-order valence-electron chi connectivity index (χ3n) is 4.04. The fourth-order valence-corrected chi connectivity index (χ4v) is 2.93. The van der Waals surface area contributed by atoms with E-state index in [1.54, 1.807) is 29.2 Å². The van der Waals surface area contributed by atoms with Gasteiger partial charge in [0, 0.05) is 6.54 Å². The molecule has 7 nitrogen and oxygen atoms in total. The fraction of sp³-hybridized carbons (Fsp3) is 0.500. The van der Waals surface area contributed by atoms with Crippen LogP contribution in [0.5, 0.6) is 0 Å². The predicted octanol–water partition coefficient (Wildman–Crippen LogP) is 2.61. The molecule has 3 rings (SSSR count). The molecule has 0 N–H and O–H groups in total. The highest BCUT2D eigenvalue weighted by Crippen LogP contribution is 2.25. The Labute approximate surface area is 146 Å². The van der Waals surface area contributed by atoms with Crippen LogP contribution in [0, 0.1) is 0 Å². The van der Waals surface area contributed by atoms with E-state index in [1.165, 1.54) is 0 Å². The van der Waals surface area contributed by atoms with Crippen LogP contribution in [0.15, 0.2) is 24.3 Å². The molecule has 0 saturated carbocycles. The van der Waals surface area contributed by atoms with Crippen molar-refractivity contribution < 1.29 is 24.0 Å². The maximum absolute atomic E-state index is 12.4. The Hall–Kier alpha value is -2.41. The summed E-state index contributed by atoms with van der Waals surface area (Å²) in [6.45, 7) is 6.27. The average molecular weight is 346 g/mol. The van der Waals surface area contributed by atoms with Crippen molar-refractivity contribution in [2.45, 2.75) is 45.3 Å². The molecule has 7 heteroatoms. The molecule has 1 fully saturated rings. The van der Waals surface area contributed by atoms with Crippen LogP contribution in [0.25, 0.3) is 0 Å². The van der Waals surface area contributed by atoms with Crippen LogP contribution in [0.4, 0.5) is 4.79 Å². The maximum atomic E-state index is 12.4. The molecular formula is C18H22N2O5. The van der Waals surface area contributed by atoms with Crippen LogP contribution < -0.4 is 0 Å². The Morgan fingerprint density at radius 3 is 2.28 bits per heavy atom. The van der Waals surface area contributed by atoms with Crippen LogP contribution in [0.2, 0.25) is 0 Å². The van der Waals surface area contributed by atoms with Gasteiger partial charge in [0.2, 0.25) is 0 Å². The summed E-state index contributed by atoms with van der Waals surface area (Å²) >= 11 is 0. The Bertz CT molecular complexity index is 675.